The second kappa shape index (κ2) is 9.81. The highest BCUT2D eigenvalue weighted by molar-refractivity contribution is 6.40. The quantitative estimate of drug-likeness (QED) is 0.599. The number of hydrogen-bond donors (Lipinski definition) is 1. The molecule has 0 aliphatic carbocycles. The molecule has 1 amide bonds. The number of nitrogens with one attached hydrogen (secondary N) is 1. The van der Waals surface area contributed by atoms with Crippen LogP contribution in [0.25, 0.3) is 0 Å². The molecule has 5 nitrogen and oxygen atoms in total. The largest absolute Gasteiger partial charge is 0.351 e. The lowest BCUT2D eigenvalue weighted by Gasteiger charge is -2.25. The Morgan fingerprint density at radius 2 is 1.83 bits per heavy atom. The second-order valence-corrected chi connectivity index (χ2v) is 8.45. The average Bonchev–Trinajstić information content (AvgIpc) is 3.10. The summed E-state index contributed by atoms with van der Waals surface area (Å²) in [5.74, 6) is -0.157. The van der Waals surface area contributed by atoms with Crippen LogP contribution in [0.2, 0.25) is 15.1 Å². The molecule has 1 N–H and O–H groups in total. The van der Waals surface area contributed by atoms with Crippen LogP contribution < -0.4 is 10.3 Å². The van der Waals surface area contributed by atoms with Gasteiger partial charge in [0.15, 0.2) is 0 Å². The van der Waals surface area contributed by atoms with Crippen LogP contribution in [0.5, 0.6) is 0 Å². The molecule has 1 atom stereocenters. The van der Waals surface area contributed by atoms with Gasteiger partial charge in [-0.15, -0.1) is 0 Å². The van der Waals surface area contributed by atoms with Crippen molar-refractivity contribution in [2.24, 2.45) is 5.10 Å². The van der Waals surface area contributed by atoms with Gasteiger partial charge in [0, 0.05) is 23.0 Å². The molecule has 2 aromatic carbocycles. The van der Waals surface area contributed by atoms with E-state index in [1.807, 2.05) is 44.4 Å². The first-order chi connectivity index (χ1) is 13.8. The zero-order valence-corrected chi connectivity index (χ0v) is 18.6. The number of carbonyl (C=O) groups excluding carboxylic acids is 1. The Morgan fingerprint density at radius 3 is 2.48 bits per heavy atom. The van der Waals surface area contributed by atoms with Crippen LogP contribution in [-0.4, -0.2) is 43.7 Å². The normalized spacial score (nSPS) is 16.3. The number of benzene rings is 2. The number of anilines is 1. The predicted molar refractivity (Wildman–Crippen MR) is 121 cm³/mol. The van der Waals surface area contributed by atoms with Crippen molar-refractivity contribution in [3.8, 4) is 0 Å². The number of rotatable bonds is 7. The molecule has 8 heteroatoms. The first-order valence-corrected chi connectivity index (χ1v) is 10.5. The molecule has 1 aliphatic heterocycles. The summed E-state index contributed by atoms with van der Waals surface area (Å²) in [7, 11) is 4.01. The summed E-state index contributed by atoms with van der Waals surface area (Å²) >= 11 is 18.5. The van der Waals surface area contributed by atoms with Crippen LogP contribution in [0.4, 0.5) is 5.69 Å². The van der Waals surface area contributed by atoms with Gasteiger partial charge in [-0.2, -0.15) is 5.10 Å². The highest BCUT2D eigenvalue weighted by Gasteiger charge is 2.33. The third-order valence-corrected chi connectivity index (χ3v) is 5.44. The molecule has 0 saturated heterocycles. The molecule has 1 aliphatic rings. The van der Waals surface area contributed by atoms with Crippen LogP contribution >= 0.6 is 34.8 Å². The van der Waals surface area contributed by atoms with Crippen molar-refractivity contribution in [2.75, 3.05) is 32.2 Å². The maximum Gasteiger partial charge on any atom is 0.267 e. The fourth-order valence-corrected chi connectivity index (χ4v) is 3.80. The third-order valence-electron chi connectivity index (χ3n) is 4.65. The predicted octanol–water partition coefficient (Wildman–Crippen LogP) is 5.02. The van der Waals surface area contributed by atoms with Crippen LogP contribution in [0, 0.1) is 0 Å². The Bertz CT molecular complexity index is 899. The number of halogens is 3. The lowest BCUT2D eigenvalue weighted by molar-refractivity contribution is -0.114. The first kappa shape index (κ1) is 21.9. The molecule has 2 aromatic rings. The fourth-order valence-electron chi connectivity index (χ4n) is 3.18. The minimum atomic E-state index is -0.159. The highest BCUT2D eigenvalue weighted by atomic mass is 35.5. The molecule has 0 aromatic heterocycles. The van der Waals surface area contributed by atoms with Crippen LogP contribution in [-0.2, 0) is 4.79 Å². The van der Waals surface area contributed by atoms with Gasteiger partial charge < -0.3 is 10.2 Å². The minimum Gasteiger partial charge on any atom is -0.351 e. The van der Waals surface area contributed by atoms with Crippen molar-refractivity contribution >= 4 is 52.1 Å². The van der Waals surface area contributed by atoms with E-state index in [1.165, 1.54) is 0 Å². The van der Waals surface area contributed by atoms with E-state index in [9.17, 15) is 4.79 Å². The Kier molecular flexibility index (Phi) is 7.41. The molecule has 29 heavy (non-hydrogen) atoms. The van der Waals surface area contributed by atoms with Crippen molar-refractivity contribution in [3.05, 3.63) is 63.1 Å². The summed E-state index contributed by atoms with van der Waals surface area (Å²) in [6, 6.07) is 12.6. The second-order valence-electron chi connectivity index (χ2n) is 7.17. The molecule has 0 spiro atoms. The molecular formula is C21H23Cl3N4O. The summed E-state index contributed by atoms with van der Waals surface area (Å²) in [6.45, 7) is 1.51. The molecule has 0 radical (unpaired) electrons. The molecule has 1 heterocycles. The van der Waals surface area contributed by atoms with E-state index in [0.29, 0.717) is 39.4 Å². The maximum absolute atomic E-state index is 12.7. The number of nitrogens with zero attached hydrogens (tertiary/aromatic N) is 3. The molecule has 0 saturated carbocycles. The Hall–Kier alpha value is -1.79. The molecule has 0 fully saturated rings. The highest BCUT2D eigenvalue weighted by Crippen LogP contribution is 2.39. The van der Waals surface area contributed by atoms with E-state index in [1.54, 1.807) is 17.1 Å². The smallest absolute Gasteiger partial charge is 0.267 e. The number of amides is 1. The van der Waals surface area contributed by atoms with Gasteiger partial charge in [-0.05, 0) is 63.0 Å². The lowest BCUT2D eigenvalue weighted by atomic mass is 10.0. The van der Waals surface area contributed by atoms with E-state index < -0.39 is 0 Å². The molecule has 1 unspecified atom stereocenters. The minimum absolute atomic E-state index is 0.157. The van der Waals surface area contributed by atoms with Crippen molar-refractivity contribution in [3.63, 3.8) is 0 Å². The fraction of sp³-hybridized carbons (Fsp3) is 0.333. The first-order valence-electron chi connectivity index (χ1n) is 9.35. The van der Waals surface area contributed by atoms with E-state index in [-0.39, 0.29) is 11.9 Å². The maximum atomic E-state index is 12.7. The van der Waals surface area contributed by atoms with Gasteiger partial charge >= 0.3 is 0 Å². The zero-order chi connectivity index (χ0) is 21.0. The Morgan fingerprint density at radius 1 is 1.14 bits per heavy atom. The van der Waals surface area contributed by atoms with Gasteiger partial charge in [-0.3, -0.25) is 9.80 Å². The molecule has 154 valence electrons. The van der Waals surface area contributed by atoms with Crippen LogP contribution in [0.1, 0.15) is 24.4 Å². The average molecular weight is 454 g/mol. The van der Waals surface area contributed by atoms with Gasteiger partial charge in [0.25, 0.3) is 5.91 Å². The van der Waals surface area contributed by atoms with Crippen molar-refractivity contribution < 1.29 is 4.79 Å². The van der Waals surface area contributed by atoms with Gasteiger partial charge in [-0.25, -0.2) is 0 Å². The van der Waals surface area contributed by atoms with Gasteiger partial charge in [0.1, 0.15) is 5.71 Å². The monoisotopic (exact) mass is 452 g/mol. The summed E-state index contributed by atoms with van der Waals surface area (Å²) in [4.78, 5) is 14.8. The van der Waals surface area contributed by atoms with Gasteiger partial charge in [0.05, 0.1) is 16.8 Å². The Balaban J connectivity index is 1.83. The van der Waals surface area contributed by atoms with E-state index in [4.69, 9.17) is 34.8 Å². The molecular weight excluding hydrogens is 431 g/mol. The number of hydrogen-bond acceptors (Lipinski definition) is 4. The van der Waals surface area contributed by atoms with Crippen molar-refractivity contribution in [1.29, 1.82) is 0 Å². The van der Waals surface area contributed by atoms with E-state index in [2.05, 4.69) is 15.3 Å². The summed E-state index contributed by atoms with van der Waals surface area (Å²) < 4.78 is 0. The standard InChI is InChI=1S/C21H23Cl3N4O/c1-27(2)11-3-10-25-21(29)18-13-20(14-4-6-15(22)7-5-14)28(26-18)19-9-8-16(23)12-17(19)24/h4-9,12,20H,3,10-11,13H2,1-2H3,(H,25,29). The number of hydrazone groups is 1. The lowest BCUT2D eigenvalue weighted by Crippen LogP contribution is -2.32. The third kappa shape index (κ3) is 5.64. The van der Waals surface area contributed by atoms with Gasteiger partial charge in [-0.1, -0.05) is 46.9 Å². The zero-order valence-electron chi connectivity index (χ0n) is 16.3. The van der Waals surface area contributed by atoms with Crippen molar-refractivity contribution in [2.45, 2.75) is 18.9 Å². The topological polar surface area (TPSA) is 47.9 Å². The van der Waals surface area contributed by atoms with E-state index >= 15 is 0 Å². The van der Waals surface area contributed by atoms with Crippen LogP contribution in [0.15, 0.2) is 47.6 Å². The SMILES string of the molecule is CN(C)CCCNC(=O)C1=NN(c2ccc(Cl)cc2Cl)C(c2ccc(Cl)cc2)C1. The Labute approximate surface area is 186 Å². The molecule has 3 rings (SSSR count). The van der Waals surface area contributed by atoms with E-state index in [0.717, 1.165) is 18.5 Å². The summed E-state index contributed by atoms with van der Waals surface area (Å²) in [6.07, 6.45) is 1.35. The summed E-state index contributed by atoms with van der Waals surface area (Å²) in [5.41, 5.74) is 2.17. The summed E-state index contributed by atoms with van der Waals surface area (Å²) in [5, 5.41) is 11.0. The van der Waals surface area contributed by atoms with Crippen LogP contribution in [0.3, 0.4) is 0 Å². The number of carbonyl (C=O) groups is 1. The molecule has 0 bridgehead atoms. The van der Waals surface area contributed by atoms with Crippen molar-refractivity contribution in [1.82, 2.24) is 10.2 Å². The van der Waals surface area contributed by atoms with Gasteiger partial charge in [0.2, 0.25) is 0 Å².